The SMILES string of the molecule is CCN1CCCC(Nc2cnn(CC)c2)CC1. The molecule has 0 aromatic carbocycles. The Kier molecular flexibility index (Phi) is 4.42. The molecule has 1 aromatic heterocycles. The maximum absolute atomic E-state index is 4.30. The molecule has 0 saturated carbocycles. The highest BCUT2D eigenvalue weighted by Crippen LogP contribution is 2.16. The summed E-state index contributed by atoms with van der Waals surface area (Å²) in [6, 6.07) is 0.612. The fourth-order valence-corrected chi connectivity index (χ4v) is 2.46. The van der Waals surface area contributed by atoms with Crippen LogP contribution in [0, 0.1) is 0 Å². The van der Waals surface area contributed by atoms with Gasteiger partial charge in [-0.15, -0.1) is 0 Å². The highest BCUT2D eigenvalue weighted by molar-refractivity contribution is 5.39. The van der Waals surface area contributed by atoms with E-state index in [2.05, 4.69) is 35.4 Å². The van der Waals surface area contributed by atoms with Gasteiger partial charge in [0.1, 0.15) is 0 Å². The molecule has 96 valence electrons. The number of aryl methyl sites for hydroxylation is 1. The van der Waals surface area contributed by atoms with Crippen LogP contribution in [0.5, 0.6) is 0 Å². The highest BCUT2D eigenvalue weighted by atomic mass is 15.3. The summed E-state index contributed by atoms with van der Waals surface area (Å²) >= 11 is 0. The van der Waals surface area contributed by atoms with Crippen molar-refractivity contribution in [3.05, 3.63) is 12.4 Å². The van der Waals surface area contributed by atoms with E-state index in [9.17, 15) is 0 Å². The average molecular weight is 236 g/mol. The Labute approximate surface area is 104 Å². The molecule has 0 spiro atoms. The molecule has 17 heavy (non-hydrogen) atoms. The Hall–Kier alpha value is -1.03. The second-order valence-corrected chi connectivity index (χ2v) is 4.79. The van der Waals surface area contributed by atoms with Crippen LogP contribution in [0.3, 0.4) is 0 Å². The number of aromatic nitrogens is 2. The molecule has 2 heterocycles. The van der Waals surface area contributed by atoms with Gasteiger partial charge in [0.25, 0.3) is 0 Å². The van der Waals surface area contributed by atoms with Crippen molar-refractivity contribution in [2.45, 2.75) is 45.7 Å². The van der Waals surface area contributed by atoms with Crippen molar-refractivity contribution >= 4 is 5.69 Å². The molecule has 1 aliphatic heterocycles. The van der Waals surface area contributed by atoms with Crippen LogP contribution in [0.1, 0.15) is 33.1 Å². The second kappa shape index (κ2) is 6.05. The first kappa shape index (κ1) is 12.4. The Balaban J connectivity index is 1.86. The number of hydrogen-bond donors (Lipinski definition) is 1. The molecule has 4 nitrogen and oxygen atoms in total. The third-order valence-corrected chi connectivity index (χ3v) is 3.60. The maximum Gasteiger partial charge on any atom is 0.0728 e. The van der Waals surface area contributed by atoms with E-state index in [1.54, 1.807) is 0 Å². The van der Waals surface area contributed by atoms with Crippen LogP contribution in [-0.4, -0.2) is 40.4 Å². The van der Waals surface area contributed by atoms with Crippen LogP contribution in [0.4, 0.5) is 5.69 Å². The lowest BCUT2D eigenvalue weighted by atomic mass is 10.1. The largest absolute Gasteiger partial charge is 0.380 e. The number of nitrogens with one attached hydrogen (secondary N) is 1. The molecule has 4 heteroatoms. The van der Waals surface area contributed by atoms with Crippen molar-refractivity contribution in [3.63, 3.8) is 0 Å². The van der Waals surface area contributed by atoms with Crippen LogP contribution in [0.2, 0.25) is 0 Å². The Morgan fingerprint density at radius 1 is 1.29 bits per heavy atom. The molecule has 1 N–H and O–H groups in total. The van der Waals surface area contributed by atoms with Crippen LogP contribution in [0.25, 0.3) is 0 Å². The smallest absolute Gasteiger partial charge is 0.0728 e. The molecule has 0 bridgehead atoms. The van der Waals surface area contributed by atoms with E-state index < -0.39 is 0 Å². The lowest BCUT2D eigenvalue weighted by Crippen LogP contribution is -2.26. The Morgan fingerprint density at radius 2 is 2.18 bits per heavy atom. The van der Waals surface area contributed by atoms with E-state index in [1.807, 2.05) is 10.9 Å². The summed E-state index contributed by atoms with van der Waals surface area (Å²) in [6.45, 7) is 8.95. The first-order chi connectivity index (χ1) is 8.31. The minimum absolute atomic E-state index is 0.612. The number of rotatable bonds is 4. The minimum Gasteiger partial charge on any atom is -0.380 e. The predicted octanol–water partition coefficient (Wildman–Crippen LogP) is 2.19. The molecule has 1 fully saturated rings. The number of nitrogens with zero attached hydrogens (tertiary/aromatic N) is 3. The topological polar surface area (TPSA) is 33.1 Å². The summed E-state index contributed by atoms with van der Waals surface area (Å²) in [4.78, 5) is 2.54. The van der Waals surface area contributed by atoms with Crippen molar-refractivity contribution in [2.24, 2.45) is 0 Å². The van der Waals surface area contributed by atoms with Gasteiger partial charge in [-0.1, -0.05) is 6.92 Å². The van der Waals surface area contributed by atoms with Gasteiger partial charge in [0.2, 0.25) is 0 Å². The normalized spacial score (nSPS) is 22.4. The number of anilines is 1. The maximum atomic E-state index is 4.30. The monoisotopic (exact) mass is 236 g/mol. The van der Waals surface area contributed by atoms with Crippen LogP contribution < -0.4 is 5.32 Å². The number of likely N-dealkylation sites (tertiary alicyclic amines) is 1. The zero-order chi connectivity index (χ0) is 12.1. The highest BCUT2D eigenvalue weighted by Gasteiger charge is 2.16. The molecule has 0 radical (unpaired) electrons. The zero-order valence-corrected chi connectivity index (χ0v) is 11.0. The van der Waals surface area contributed by atoms with Crippen molar-refractivity contribution in [3.8, 4) is 0 Å². The lowest BCUT2D eigenvalue weighted by molar-refractivity contribution is 0.300. The van der Waals surface area contributed by atoms with Gasteiger partial charge in [-0.2, -0.15) is 5.10 Å². The van der Waals surface area contributed by atoms with Gasteiger partial charge >= 0.3 is 0 Å². The fraction of sp³-hybridized carbons (Fsp3) is 0.769. The van der Waals surface area contributed by atoms with Gasteiger partial charge in [0.15, 0.2) is 0 Å². The molecule has 1 saturated heterocycles. The summed E-state index contributed by atoms with van der Waals surface area (Å²) in [5.74, 6) is 0. The van der Waals surface area contributed by atoms with Gasteiger partial charge in [-0.3, -0.25) is 4.68 Å². The third kappa shape index (κ3) is 3.46. The van der Waals surface area contributed by atoms with E-state index in [0.29, 0.717) is 6.04 Å². The summed E-state index contributed by atoms with van der Waals surface area (Å²) in [5.41, 5.74) is 1.17. The molecule has 1 atom stereocenters. The van der Waals surface area contributed by atoms with Gasteiger partial charge in [-0.05, 0) is 39.3 Å². The molecular formula is C13H24N4. The standard InChI is InChI=1S/C13H24N4/c1-3-16-8-5-6-12(7-9-16)15-13-10-14-17(4-2)11-13/h10-12,15H,3-9H2,1-2H3. The second-order valence-electron chi connectivity index (χ2n) is 4.79. The summed E-state index contributed by atoms with van der Waals surface area (Å²) in [7, 11) is 0. The van der Waals surface area contributed by atoms with Gasteiger partial charge in [0.05, 0.1) is 11.9 Å². The van der Waals surface area contributed by atoms with Crippen molar-refractivity contribution in [2.75, 3.05) is 25.0 Å². The van der Waals surface area contributed by atoms with Gasteiger partial charge < -0.3 is 10.2 Å². The molecule has 2 rings (SSSR count). The lowest BCUT2D eigenvalue weighted by Gasteiger charge is -2.18. The Morgan fingerprint density at radius 3 is 2.88 bits per heavy atom. The van der Waals surface area contributed by atoms with Crippen molar-refractivity contribution in [1.82, 2.24) is 14.7 Å². The summed E-state index contributed by atoms with van der Waals surface area (Å²) < 4.78 is 1.97. The van der Waals surface area contributed by atoms with Crippen LogP contribution in [0.15, 0.2) is 12.4 Å². The first-order valence-corrected chi connectivity index (χ1v) is 6.83. The molecule has 1 aliphatic rings. The van der Waals surface area contributed by atoms with E-state index in [0.717, 1.165) is 6.54 Å². The zero-order valence-electron chi connectivity index (χ0n) is 11.0. The van der Waals surface area contributed by atoms with E-state index >= 15 is 0 Å². The summed E-state index contributed by atoms with van der Waals surface area (Å²) in [6.07, 6.45) is 7.85. The van der Waals surface area contributed by atoms with E-state index in [1.165, 1.54) is 44.6 Å². The quantitative estimate of drug-likeness (QED) is 0.870. The summed E-state index contributed by atoms with van der Waals surface area (Å²) in [5, 5.41) is 7.91. The molecular weight excluding hydrogens is 212 g/mol. The molecule has 0 amide bonds. The fourth-order valence-electron chi connectivity index (χ4n) is 2.46. The predicted molar refractivity (Wildman–Crippen MR) is 71.3 cm³/mol. The van der Waals surface area contributed by atoms with E-state index in [4.69, 9.17) is 0 Å². The van der Waals surface area contributed by atoms with Crippen molar-refractivity contribution in [1.29, 1.82) is 0 Å². The number of hydrogen-bond acceptors (Lipinski definition) is 3. The van der Waals surface area contributed by atoms with Crippen LogP contribution in [-0.2, 0) is 6.54 Å². The molecule has 1 unspecified atom stereocenters. The average Bonchev–Trinajstić information content (AvgIpc) is 2.68. The first-order valence-electron chi connectivity index (χ1n) is 6.83. The minimum atomic E-state index is 0.612. The molecule has 1 aromatic rings. The van der Waals surface area contributed by atoms with Crippen molar-refractivity contribution < 1.29 is 0 Å². The van der Waals surface area contributed by atoms with E-state index in [-0.39, 0.29) is 0 Å². The van der Waals surface area contributed by atoms with Gasteiger partial charge in [-0.25, -0.2) is 0 Å². The molecule has 0 aliphatic carbocycles. The Bertz CT molecular complexity index is 334. The van der Waals surface area contributed by atoms with Gasteiger partial charge in [0, 0.05) is 25.3 Å². The van der Waals surface area contributed by atoms with Crippen LogP contribution >= 0.6 is 0 Å². The third-order valence-electron chi connectivity index (χ3n) is 3.60.